The Hall–Kier alpha value is -2.51. The van der Waals surface area contributed by atoms with E-state index in [1.54, 1.807) is 30.1 Å². The van der Waals surface area contributed by atoms with E-state index >= 15 is 0 Å². The highest BCUT2D eigenvalue weighted by Crippen LogP contribution is 2.27. The number of amides is 1. The predicted octanol–water partition coefficient (Wildman–Crippen LogP) is 0.594. The minimum Gasteiger partial charge on any atom is -0.348 e. The van der Waals surface area contributed by atoms with Crippen LogP contribution in [0.2, 0.25) is 0 Å². The number of aryl methyl sites for hydroxylation is 2. The normalized spacial score (nSPS) is 21.1. The monoisotopic (exact) mass is 316 g/mol. The Labute approximate surface area is 133 Å². The summed E-state index contributed by atoms with van der Waals surface area (Å²) < 4.78 is 3.08. The summed E-state index contributed by atoms with van der Waals surface area (Å²) in [5.74, 6) is -0.201. The minimum atomic E-state index is -0.201. The molecule has 1 fully saturated rings. The second-order valence-corrected chi connectivity index (χ2v) is 6.01. The second kappa shape index (κ2) is 6.31. The van der Waals surface area contributed by atoms with E-state index in [0.29, 0.717) is 5.69 Å². The lowest BCUT2D eigenvalue weighted by molar-refractivity contribution is 0.0916. The number of rotatable bonds is 3. The van der Waals surface area contributed by atoms with Crippen LogP contribution >= 0.6 is 0 Å². The molecule has 0 spiro atoms. The van der Waals surface area contributed by atoms with Gasteiger partial charge in [0.1, 0.15) is 0 Å². The Morgan fingerprint density at radius 3 is 2.65 bits per heavy atom. The Morgan fingerprint density at radius 1 is 1.26 bits per heavy atom. The van der Waals surface area contributed by atoms with Gasteiger partial charge >= 0.3 is 0 Å². The number of hydrogen-bond acceptors (Lipinski definition) is 5. The van der Waals surface area contributed by atoms with E-state index in [1.165, 1.54) is 4.68 Å². The van der Waals surface area contributed by atoms with Gasteiger partial charge in [0, 0.05) is 19.2 Å². The lowest BCUT2D eigenvalue weighted by atomic mass is 9.91. The molecular formula is C15H20N6O2. The van der Waals surface area contributed by atoms with Gasteiger partial charge in [-0.2, -0.15) is 5.10 Å². The molecule has 0 saturated heterocycles. The fourth-order valence-corrected chi connectivity index (χ4v) is 2.96. The molecule has 1 amide bonds. The van der Waals surface area contributed by atoms with E-state index in [0.717, 1.165) is 31.4 Å². The van der Waals surface area contributed by atoms with Crippen molar-refractivity contribution in [3.63, 3.8) is 0 Å². The molecule has 23 heavy (non-hydrogen) atoms. The highest BCUT2D eigenvalue weighted by atomic mass is 16.2. The van der Waals surface area contributed by atoms with Crippen LogP contribution in [-0.2, 0) is 7.05 Å². The van der Waals surface area contributed by atoms with Crippen LogP contribution in [0.5, 0.6) is 0 Å². The van der Waals surface area contributed by atoms with Crippen LogP contribution in [0.1, 0.15) is 47.9 Å². The third-order valence-corrected chi connectivity index (χ3v) is 4.17. The van der Waals surface area contributed by atoms with Gasteiger partial charge in [-0.05, 0) is 38.7 Å². The number of aromatic nitrogens is 5. The third kappa shape index (κ3) is 3.46. The van der Waals surface area contributed by atoms with E-state index in [2.05, 4.69) is 20.7 Å². The van der Waals surface area contributed by atoms with Gasteiger partial charge in [0.15, 0.2) is 5.69 Å². The summed E-state index contributed by atoms with van der Waals surface area (Å²) >= 11 is 0. The number of carbonyl (C=O) groups excluding carboxylic acids is 1. The number of carbonyl (C=O) groups is 1. The molecule has 1 aliphatic rings. The van der Waals surface area contributed by atoms with Crippen molar-refractivity contribution in [2.24, 2.45) is 7.05 Å². The maximum absolute atomic E-state index is 12.1. The van der Waals surface area contributed by atoms with E-state index in [9.17, 15) is 9.59 Å². The molecule has 0 aliphatic heterocycles. The fourth-order valence-electron chi connectivity index (χ4n) is 2.96. The van der Waals surface area contributed by atoms with Crippen LogP contribution < -0.4 is 10.9 Å². The molecule has 2 heterocycles. The molecule has 122 valence electrons. The smallest absolute Gasteiger partial charge is 0.273 e. The molecule has 0 atom stereocenters. The Morgan fingerprint density at radius 2 is 2.00 bits per heavy atom. The molecule has 0 unspecified atom stereocenters. The fraction of sp³-hybridized carbons (Fsp3) is 0.533. The lowest BCUT2D eigenvalue weighted by Crippen LogP contribution is -2.39. The molecule has 2 aromatic rings. The zero-order valence-corrected chi connectivity index (χ0v) is 13.3. The van der Waals surface area contributed by atoms with Gasteiger partial charge in [-0.25, -0.2) is 4.68 Å². The highest BCUT2D eigenvalue weighted by Gasteiger charge is 2.25. The highest BCUT2D eigenvalue weighted by molar-refractivity contribution is 5.92. The standard InChI is InChI=1S/C15H20N6O2/c1-10-3-8-14(22)21(18-10)12-6-4-11(5-7-12)16-15(23)13-9-20(2)19-17-13/h3,8-9,11-12H,4-7H2,1-2H3,(H,16,23). The minimum absolute atomic E-state index is 0.0670. The Balaban J connectivity index is 1.59. The van der Waals surface area contributed by atoms with Crippen molar-refractivity contribution >= 4 is 5.91 Å². The average molecular weight is 316 g/mol. The van der Waals surface area contributed by atoms with Crippen molar-refractivity contribution in [2.75, 3.05) is 0 Å². The van der Waals surface area contributed by atoms with E-state index in [4.69, 9.17) is 0 Å². The first-order valence-electron chi connectivity index (χ1n) is 7.76. The van der Waals surface area contributed by atoms with Crippen molar-refractivity contribution in [3.8, 4) is 0 Å². The number of hydrogen-bond donors (Lipinski definition) is 1. The van der Waals surface area contributed by atoms with Crippen molar-refractivity contribution in [3.05, 3.63) is 40.1 Å². The van der Waals surface area contributed by atoms with E-state index < -0.39 is 0 Å². The summed E-state index contributed by atoms with van der Waals surface area (Å²) in [5.41, 5.74) is 1.09. The van der Waals surface area contributed by atoms with Gasteiger partial charge in [0.05, 0.1) is 17.9 Å². The summed E-state index contributed by atoms with van der Waals surface area (Å²) in [7, 11) is 1.72. The van der Waals surface area contributed by atoms with Crippen LogP contribution in [0, 0.1) is 6.92 Å². The molecule has 2 aromatic heterocycles. The molecule has 0 radical (unpaired) electrons. The molecule has 3 rings (SSSR count). The van der Waals surface area contributed by atoms with Crippen molar-refractivity contribution < 1.29 is 4.79 Å². The molecule has 1 N–H and O–H groups in total. The molecule has 0 bridgehead atoms. The summed E-state index contributed by atoms with van der Waals surface area (Å²) in [5, 5.41) is 14.9. The van der Waals surface area contributed by atoms with Gasteiger partial charge in [0.2, 0.25) is 0 Å². The van der Waals surface area contributed by atoms with E-state index in [-0.39, 0.29) is 23.6 Å². The summed E-state index contributed by atoms with van der Waals surface area (Å²) in [6.45, 7) is 1.88. The summed E-state index contributed by atoms with van der Waals surface area (Å²) in [6, 6.07) is 3.49. The number of nitrogens with one attached hydrogen (secondary N) is 1. The topological polar surface area (TPSA) is 94.7 Å². The number of nitrogens with zero attached hydrogens (tertiary/aromatic N) is 5. The summed E-state index contributed by atoms with van der Waals surface area (Å²) in [4.78, 5) is 24.0. The third-order valence-electron chi connectivity index (χ3n) is 4.17. The predicted molar refractivity (Wildman–Crippen MR) is 83.0 cm³/mol. The van der Waals surface area contributed by atoms with Crippen LogP contribution in [0.15, 0.2) is 23.1 Å². The summed E-state index contributed by atoms with van der Waals surface area (Å²) in [6.07, 6.45) is 4.87. The van der Waals surface area contributed by atoms with Crippen molar-refractivity contribution in [1.29, 1.82) is 0 Å². The second-order valence-electron chi connectivity index (χ2n) is 6.01. The molecule has 8 nitrogen and oxygen atoms in total. The Bertz CT molecular complexity index is 757. The van der Waals surface area contributed by atoms with Gasteiger partial charge in [-0.15, -0.1) is 5.10 Å². The molecule has 0 aromatic carbocycles. The van der Waals surface area contributed by atoms with Gasteiger partial charge in [0.25, 0.3) is 11.5 Å². The van der Waals surface area contributed by atoms with Gasteiger partial charge < -0.3 is 5.32 Å². The van der Waals surface area contributed by atoms with Crippen molar-refractivity contribution in [2.45, 2.75) is 44.7 Å². The first kappa shape index (κ1) is 15.4. The SMILES string of the molecule is Cc1ccc(=O)n(C2CCC(NC(=O)c3cn(C)nn3)CC2)n1. The van der Waals surface area contributed by atoms with Crippen LogP contribution in [0.3, 0.4) is 0 Å². The zero-order valence-electron chi connectivity index (χ0n) is 13.3. The maximum Gasteiger partial charge on any atom is 0.273 e. The molecule has 1 aliphatic carbocycles. The Kier molecular flexibility index (Phi) is 4.22. The maximum atomic E-state index is 12.1. The van der Waals surface area contributed by atoms with Crippen LogP contribution in [0.25, 0.3) is 0 Å². The quantitative estimate of drug-likeness (QED) is 0.894. The molecule has 8 heteroatoms. The molecule has 1 saturated carbocycles. The van der Waals surface area contributed by atoms with Crippen LogP contribution in [-0.4, -0.2) is 36.7 Å². The van der Waals surface area contributed by atoms with Crippen LogP contribution in [0.4, 0.5) is 0 Å². The lowest BCUT2D eigenvalue weighted by Gasteiger charge is -2.29. The van der Waals surface area contributed by atoms with Gasteiger partial charge in [-0.1, -0.05) is 5.21 Å². The largest absolute Gasteiger partial charge is 0.348 e. The van der Waals surface area contributed by atoms with E-state index in [1.807, 2.05) is 6.92 Å². The molecular weight excluding hydrogens is 296 g/mol. The first-order valence-corrected chi connectivity index (χ1v) is 7.76. The van der Waals surface area contributed by atoms with Gasteiger partial charge in [-0.3, -0.25) is 14.3 Å². The first-order chi connectivity index (χ1) is 11.0. The van der Waals surface area contributed by atoms with Crippen molar-refractivity contribution in [1.82, 2.24) is 30.1 Å². The average Bonchev–Trinajstić information content (AvgIpc) is 2.97. The zero-order chi connectivity index (χ0) is 16.4.